The van der Waals surface area contributed by atoms with Crippen molar-refractivity contribution < 1.29 is 34.3 Å². The molecule has 4 atom stereocenters. The van der Waals surface area contributed by atoms with Crippen LogP contribution >= 0.6 is 8.38 Å². The Kier molecular flexibility index (Phi) is 5.30. The maximum Gasteiger partial charge on any atom is 0.386 e. The van der Waals surface area contributed by atoms with Gasteiger partial charge in [0.05, 0.1) is 0 Å². The predicted molar refractivity (Wildman–Crippen MR) is 74.5 cm³/mol. The summed E-state index contributed by atoms with van der Waals surface area (Å²) in [4.78, 5) is 53.9. The molecule has 2 heterocycles. The molecular formula is C11H15N2O9P. The number of aliphatic hydroxyl groups is 2. The Morgan fingerprint density at radius 3 is 2.61 bits per heavy atom. The van der Waals surface area contributed by atoms with E-state index in [-0.39, 0.29) is 5.56 Å². The minimum absolute atomic E-state index is 0.240. The lowest BCUT2D eigenvalue weighted by Crippen LogP contribution is -2.38. The van der Waals surface area contributed by atoms with Crippen molar-refractivity contribution in [2.75, 3.05) is 0 Å². The van der Waals surface area contributed by atoms with Gasteiger partial charge < -0.3 is 29.5 Å². The van der Waals surface area contributed by atoms with Gasteiger partial charge in [0.25, 0.3) is 13.9 Å². The van der Waals surface area contributed by atoms with Gasteiger partial charge in [0.1, 0.15) is 12.2 Å². The van der Waals surface area contributed by atoms with Gasteiger partial charge in [-0.2, -0.15) is 0 Å². The highest BCUT2D eigenvalue weighted by molar-refractivity contribution is 7.63. The van der Waals surface area contributed by atoms with Gasteiger partial charge in [-0.3, -0.25) is 14.3 Å². The number of rotatable bonds is 4. The number of aryl methyl sites for hydroxylation is 1. The molecule has 0 radical (unpaired) electrons. The van der Waals surface area contributed by atoms with E-state index >= 15 is 0 Å². The Bertz CT molecular complexity index is 699. The minimum atomic E-state index is -3.05. The first-order valence-electron chi connectivity index (χ1n) is 6.50. The summed E-state index contributed by atoms with van der Waals surface area (Å²) in [6.07, 6.45) is -5.03. The Hall–Kier alpha value is -1.62. The highest BCUT2D eigenvalue weighted by atomic mass is 31.2. The van der Waals surface area contributed by atoms with Crippen molar-refractivity contribution >= 4 is 14.1 Å². The minimum Gasteiger partial charge on any atom is -0.426 e. The van der Waals surface area contributed by atoms with Crippen LogP contribution in [0, 0.1) is 0 Å². The summed E-state index contributed by atoms with van der Waals surface area (Å²) in [5, 5.41) is 19.7. The summed E-state index contributed by atoms with van der Waals surface area (Å²) in [6.45, 7) is 1.68. The van der Waals surface area contributed by atoms with Gasteiger partial charge >= 0.3 is 11.4 Å². The molecule has 0 bridgehead atoms. The second kappa shape index (κ2) is 6.87. The summed E-state index contributed by atoms with van der Waals surface area (Å²) >= 11 is 0. The molecule has 0 unspecified atom stereocenters. The van der Waals surface area contributed by atoms with Crippen LogP contribution in [0.25, 0.3) is 0 Å². The highest BCUT2D eigenvalue weighted by Crippen LogP contribution is 2.33. The highest BCUT2D eigenvalue weighted by Gasteiger charge is 2.47. The third-order valence-electron chi connectivity index (χ3n) is 3.27. The Labute approximate surface area is 129 Å². The summed E-state index contributed by atoms with van der Waals surface area (Å²) in [5.41, 5.74) is -2.66. The molecule has 128 valence electrons. The average Bonchev–Trinajstić information content (AvgIpc) is 2.76. The largest absolute Gasteiger partial charge is 0.426 e. The van der Waals surface area contributed by atoms with E-state index in [9.17, 15) is 24.6 Å². The first kappa shape index (κ1) is 17.7. The zero-order chi connectivity index (χ0) is 17.3. The first-order valence-corrected chi connectivity index (χ1v) is 7.75. The SMILES string of the molecule is CCc1cn([C@@H]2O[C@H](OC(=O)P(O)O)[C@@H](O)[C@@H]2O)c(=O)[nH]c1=O. The van der Waals surface area contributed by atoms with Crippen molar-refractivity contribution in [1.29, 1.82) is 0 Å². The maximum atomic E-state index is 11.8. The number of aromatic amines is 1. The number of nitrogens with zero attached hydrogens (tertiary/aromatic N) is 1. The van der Waals surface area contributed by atoms with Crippen LogP contribution in [0.1, 0.15) is 18.7 Å². The molecule has 0 aromatic carbocycles. The lowest BCUT2D eigenvalue weighted by Gasteiger charge is -2.17. The number of hydrogen-bond donors (Lipinski definition) is 5. The van der Waals surface area contributed by atoms with Gasteiger partial charge in [-0.1, -0.05) is 6.92 Å². The lowest BCUT2D eigenvalue weighted by atomic mass is 10.2. The van der Waals surface area contributed by atoms with Crippen molar-refractivity contribution in [3.63, 3.8) is 0 Å². The van der Waals surface area contributed by atoms with Gasteiger partial charge in [0, 0.05) is 11.8 Å². The van der Waals surface area contributed by atoms with E-state index in [1.165, 1.54) is 0 Å². The number of aromatic nitrogens is 2. The fraction of sp³-hybridized carbons (Fsp3) is 0.545. The van der Waals surface area contributed by atoms with Crippen LogP contribution in [-0.2, 0) is 15.9 Å². The molecule has 0 saturated carbocycles. The molecule has 1 aromatic rings. The third kappa shape index (κ3) is 3.50. The number of ether oxygens (including phenoxy) is 2. The van der Waals surface area contributed by atoms with E-state index in [0.29, 0.717) is 6.42 Å². The van der Waals surface area contributed by atoms with Crippen molar-refractivity contribution in [3.8, 4) is 0 Å². The fourth-order valence-corrected chi connectivity index (χ4v) is 2.27. The van der Waals surface area contributed by atoms with Gasteiger partial charge in [-0.25, -0.2) is 9.59 Å². The van der Waals surface area contributed by atoms with E-state index < -0.39 is 50.1 Å². The smallest absolute Gasteiger partial charge is 0.386 e. The molecule has 1 aliphatic heterocycles. The summed E-state index contributed by atoms with van der Waals surface area (Å²) in [6, 6.07) is 0. The van der Waals surface area contributed by atoms with Gasteiger partial charge in [-0.15, -0.1) is 0 Å². The van der Waals surface area contributed by atoms with Gasteiger partial charge in [0.15, 0.2) is 6.23 Å². The van der Waals surface area contributed by atoms with Crippen LogP contribution in [0.4, 0.5) is 4.79 Å². The molecule has 11 nitrogen and oxygen atoms in total. The number of H-pyrrole nitrogens is 1. The number of carbonyl (C=O) groups excluding carboxylic acids is 1. The van der Waals surface area contributed by atoms with Crippen molar-refractivity contribution in [1.82, 2.24) is 9.55 Å². The van der Waals surface area contributed by atoms with Crippen molar-refractivity contribution in [2.45, 2.75) is 38.1 Å². The normalized spacial score (nSPS) is 27.4. The predicted octanol–water partition coefficient (Wildman–Crippen LogP) is -1.89. The number of aliphatic hydroxyl groups excluding tert-OH is 2. The van der Waals surface area contributed by atoms with E-state index in [4.69, 9.17) is 14.5 Å². The standard InChI is InChI=1S/C11H15N2O9P/c1-2-4-3-13(10(17)12-7(4)16)8-5(14)6(15)9(21-8)22-11(18)23(19)20/h3,5-6,8-9,14-15,19-20H,2H2,1H3,(H,12,16,17)/t5-,6-,8+,9+/m0/s1. The van der Waals surface area contributed by atoms with Crippen LogP contribution in [0.5, 0.6) is 0 Å². The summed E-state index contributed by atoms with van der Waals surface area (Å²) in [5.74, 6) is 0. The maximum absolute atomic E-state index is 11.8. The van der Waals surface area contributed by atoms with Crippen LogP contribution in [0.3, 0.4) is 0 Å². The van der Waals surface area contributed by atoms with Gasteiger partial charge in [0.2, 0.25) is 6.29 Å². The topological polar surface area (TPSA) is 171 Å². The van der Waals surface area contributed by atoms with E-state index in [2.05, 4.69) is 4.74 Å². The van der Waals surface area contributed by atoms with Crippen LogP contribution < -0.4 is 11.2 Å². The lowest BCUT2D eigenvalue weighted by molar-refractivity contribution is -0.140. The Balaban J connectivity index is 2.29. The molecule has 0 amide bonds. The Morgan fingerprint density at radius 2 is 2.04 bits per heavy atom. The van der Waals surface area contributed by atoms with E-state index in [1.54, 1.807) is 6.92 Å². The monoisotopic (exact) mass is 350 g/mol. The summed E-state index contributed by atoms with van der Waals surface area (Å²) < 4.78 is 10.4. The van der Waals surface area contributed by atoms with E-state index in [1.807, 2.05) is 4.98 Å². The van der Waals surface area contributed by atoms with Gasteiger partial charge in [-0.05, 0) is 6.42 Å². The number of nitrogens with one attached hydrogen (secondary N) is 1. The quantitative estimate of drug-likeness (QED) is 0.389. The van der Waals surface area contributed by atoms with E-state index in [0.717, 1.165) is 10.8 Å². The average molecular weight is 350 g/mol. The molecule has 1 fully saturated rings. The van der Waals surface area contributed by atoms with Crippen LogP contribution in [-0.4, -0.2) is 53.8 Å². The van der Waals surface area contributed by atoms with Crippen molar-refractivity contribution in [3.05, 3.63) is 32.6 Å². The third-order valence-corrected chi connectivity index (χ3v) is 3.70. The zero-order valence-electron chi connectivity index (χ0n) is 11.8. The second-order valence-corrected chi connectivity index (χ2v) is 5.67. The molecule has 12 heteroatoms. The molecule has 2 rings (SSSR count). The van der Waals surface area contributed by atoms with Crippen LogP contribution in [0.15, 0.2) is 15.8 Å². The molecule has 0 spiro atoms. The number of hydrogen-bond acceptors (Lipinski definition) is 9. The summed E-state index contributed by atoms with van der Waals surface area (Å²) in [7, 11) is -3.05. The second-order valence-electron chi connectivity index (χ2n) is 4.72. The molecule has 1 aromatic heterocycles. The fourth-order valence-electron chi connectivity index (χ4n) is 2.07. The Morgan fingerprint density at radius 1 is 1.39 bits per heavy atom. The molecule has 23 heavy (non-hydrogen) atoms. The molecule has 1 aliphatic rings. The zero-order valence-corrected chi connectivity index (χ0v) is 12.7. The number of carbonyl (C=O) groups is 1. The molecular weight excluding hydrogens is 335 g/mol. The molecule has 5 N–H and O–H groups in total. The van der Waals surface area contributed by atoms with Crippen LogP contribution in [0.2, 0.25) is 0 Å². The molecule has 1 saturated heterocycles. The molecule has 0 aliphatic carbocycles. The first-order chi connectivity index (χ1) is 10.8. The van der Waals surface area contributed by atoms with Crippen molar-refractivity contribution in [2.24, 2.45) is 0 Å².